The molecule has 5 heteroatoms. The highest BCUT2D eigenvalue weighted by atomic mass is 32.2. The van der Waals surface area contributed by atoms with Gasteiger partial charge >= 0.3 is 0 Å². The van der Waals surface area contributed by atoms with Crippen molar-refractivity contribution in [2.45, 2.75) is 6.61 Å². The Balaban J connectivity index is 1.90. The van der Waals surface area contributed by atoms with Crippen LogP contribution in [-0.4, -0.2) is 13.3 Å². The molecule has 0 aliphatic carbocycles. The van der Waals surface area contributed by atoms with Crippen molar-refractivity contribution in [1.29, 1.82) is 0 Å². The van der Waals surface area contributed by atoms with Gasteiger partial charge in [0.1, 0.15) is 0 Å². The Labute approximate surface area is 131 Å². The predicted octanol–water partition coefficient (Wildman–Crippen LogP) is 3.46. The number of hydrogen-bond acceptors (Lipinski definition) is 3. The molecular formula is C17H14NO3S-. The van der Waals surface area contributed by atoms with E-state index >= 15 is 0 Å². The SMILES string of the molecule is O=S([O-])OCc1ccc(-c2ccccc2-n2cccc2)cc1. The molecule has 0 spiro atoms. The van der Waals surface area contributed by atoms with Gasteiger partial charge in [0.05, 0.1) is 23.7 Å². The van der Waals surface area contributed by atoms with Crippen LogP contribution < -0.4 is 0 Å². The zero-order chi connectivity index (χ0) is 15.4. The van der Waals surface area contributed by atoms with Gasteiger partial charge in [-0.3, -0.25) is 4.18 Å². The van der Waals surface area contributed by atoms with E-state index in [0.717, 1.165) is 22.4 Å². The van der Waals surface area contributed by atoms with E-state index in [9.17, 15) is 8.76 Å². The van der Waals surface area contributed by atoms with Crippen molar-refractivity contribution in [3.8, 4) is 16.8 Å². The van der Waals surface area contributed by atoms with Crippen molar-refractivity contribution in [1.82, 2.24) is 4.57 Å². The normalized spacial score (nSPS) is 12.2. The Morgan fingerprint density at radius 2 is 1.64 bits per heavy atom. The van der Waals surface area contributed by atoms with Crippen LogP contribution in [0.15, 0.2) is 73.1 Å². The van der Waals surface area contributed by atoms with Gasteiger partial charge in [-0.15, -0.1) is 0 Å². The van der Waals surface area contributed by atoms with E-state index in [2.05, 4.69) is 20.9 Å². The molecule has 0 radical (unpaired) electrons. The summed E-state index contributed by atoms with van der Waals surface area (Å²) < 4.78 is 27.5. The largest absolute Gasteiger partial charge is 0.750 e. The monoisotopic (exact) mass is 312 g/mol. The summed E-state index contributed by atoms with van der Waals surface area (Å²) in [5.74, 6) is 0. The van der Waals surface area contributed by atoms with Crippen molar-refractivity contribution >= 4 is 11.4 Å². The zero-order valence-electron chi connectivity index (χ0n) is 11.7. The number of aromatic nitrogens is 1. The Kier molecular flexibility index (Phi) is 4.48. The fraction of sp³-hybridized carbons (Fsp3) is 0.0588. The highest BCUT2D eigenvalue weighted by Crippen LogP contribution is 2.27. The second-order valence-electron chi connectivity index (χ2n) is 4.77. The summed E-state index contributed by atoms with van der Waals surface area (Å²) in [5, 5.41) is 0. The first kappa shape index (κ1) is 14.7. The second kappa shape index (κ2) is 6.70. The van der Waals surface area contributed by atoms with Gasteiger partial charge in [0.25, 0.3) is 0 Å². The zero-order valence-corrected chi connectivity index (χ0v) is 12.5. The first-order valence-corrected chi connectivity index (χ1v) is 7.78. The van der Waals surface area contributed by atoms with Crippen molar-refractivity contribution in [3.05, 3.63) is 78.6 Å². The Morgan fingerprint density at radius 1 is 0.955 bits per heavy atom. The van der Waals surface area contributed by atoms with Gasteiger partial charge in [0.2, 0.25) is 0 Å². The summed E-state index contributed by atoms with van der Waals surface area (Å²) in [6.07, 6.45) is 4.01. The molecule has 0 bridgehead atoms. The minimum absolute atomic E-state index is 0.0512. The Morgan fingerprint density at radius 3 is 2.32 bits per heavy atom. The van der Waals surface area contributed by atoms with E-state index < -0.39 is 11.4 Å². The maximum atomic E-state index is 10.4. The average Bonchev–Trinajstić information content (AvgIpc) is 3.08. The van der Waals surface area contributed by atoms with E-state index in [-0.39, 0.29) is 6.61 Å². The lowest BCUT2D eigenvalue weighted by Gasteiger charge is -2.12. The summed E-state index contributed by atoms with van der Waals surface area (Å²) >= 11 is -2.48. The van der Waals surface area contributed by atoms with Crippen LogP contribution in [0.3, 0.4) is 0 Å². The molecule has 3 rings (SSSR count). The van der Waals surface area contributed by atoms with E-state index in [1.807, 2.05) is 60.9 Å². The van der Waals surface area contributed by atoms with Crippen LogP contribution in [0.1, 0.15) is 5.56 Å². The maximum Gasteiger partial charge on any atom is 0.0879 e. The Hall–Kier alpha value is -2.21. The third-order valence-corrected chi connectivity index (χ3v) is 3.68. The molecule has 1 heterocycles. The Bertz CT molecular complexity index is 767. The molecule has 4 nitrogen and oxygen atoms in total. The fourth-order valence-corrected chi connectivity index (χ4v) is 2.57. The minimum Gasteiger partial charge on any atom is -0.750 e. The molecule has 112 valence electrons. The summed E-state index contributed by atoms with van der Waals surface area (Å²) in [5.41, 5.74) is 4.08. The second-order valence-corrected chi connectivity index (χ2v) is 5.41. The van der Waals surface area contributed by atoms with Crippen molar-refractivity contribution in [2.75, 3.05) is 0 Å². The molecule has 0 saturated carbocycles. The van der Waals surface area contributed by atoms with Crippen LogP contribution in [0.5, 0.6) is 0 Å². The molecule has 3 aromatic rings. The van der Waals surface area contributed by atoms with Crippen molar-refractivity contribution < 1.29 is 12.9 Å². The van der Waals surface area contributed by atoms with Crippen LogP contribution in [0.2, 0.25) is 0 Å². The lowest BCUT2D eigenvalue weighted by Crippen LogP contribution is -1.96. The quantitative estimate of drug-likeness (QED) is 0.678. The van der Waals surface area contributed by atoms with E-state index in [0.29, 0.717) is 0 Å². The van der Waals surface area contributed by atoms with Crippen LogP contribution in [0.4, 0.5) is 0 Å². The summed E-state index contributed by atoms with van der Waals surface area (Å²) in [6, 6.07) is 19.8. The summed E-state index contributed by atoms with van der Waals surface area (Å²) in [7, 11) is 0. The van der Waals surface area contributed by atoms with Gasteiger partial charge in [0, 0.05) is 18.0 Å². The van der Waals surface area contributed by atoms with Gasteiger partial charge in [0.15, 0.2) is 0 Å². The molecule has 2 aromatic carbocycles. The lowest BCUT2D eigenvalue weighted by molar-refractivity contribution is 0.291. The topological polar surface area (TPSA) is 54.3 Å². The molecule has 0 amide bonds. The molecule has 0 aliphatic rings. The van der Waals surface area contributed by atoms with Crippen LogP contribution in [0.25, 0.3) is 16.8 Å². The van der Waals surface area contributed by atoms with Gasteiger partial charge in [-0.25, -0.2) is 4.21 Å². The van der Waals surface area contributed by atoms with E-state index in [1.54, 1.807) is 0 Å². The standard InChI is InChI=1S/C17H15NO3S/c19-22(20)21-13-14-7-9-15(10-8-14)16-5-1-2-6-17(16)18-11-3-4-12-18/h1-12H,13H2,(H,19,20)/p-1. The number of para-hydroxylation sites is 1. The average molecular weight is 312 g/mol. The molecule has 0 fully saturated rings. The van der Waals surface area contributed by atoms with Crippen LogP contribution >= 0.6 is 0 Å². The number of hydrogen-bond donors (Lipinski definition) is 0. The van der Waals surface area contributed by atoms with Gasteiger partial charge in [-0.05, 0) is 29.3 Å². The van der Waals surface area contributed by atoms with Gasteiger partial charge in [-0.1, -0.05) is 42.5 Å². The smallest absolute Gasteiger partial charge is 0.0879 e. The van der Waals surface area contributed by atoms with Gasteiger partial charge < -0.3 is 9.12 Å². The first-order valence-electron chi connectivity index (χ1n) is 6.78. The summed E-state index contributed by atoms with van der Waals surface area (Å²) in [6.45, 7) is 0.0512. The molecule has 22 heavy (non-hydrogen) atoms. The lowest BCUT2D eigenvalue weighted by atomic mass is 10.0. The third-order valence-electron chi connectivity index (χ3n) is 3.37. The molecule has 0 saturated heterocycles. The first-order chi connectivity index (χ1) is 10.7. The molecule has 0 N–H and O–H groups in total. The fourth-order valence-electron chi connectivity index (χ4n) is 2.33. The molecule has 1 unspecified atom stereocenters. The minimum atomic E-state index is -2.48. The number of rotatable bonds is 5. The van der Waals surface area contributed by atoms with Crippen molar-refractivity contribution in [2.24, 2.45) is 0 Å². The molecule has 0 aliphatic heterocycles. The van der Waals surface area contributed by atoms with Crippen LogP contribution in [0, 0.1) is 0 Å². The number of nitrogens with zero attached hydrogens (tertiary/aromatic N) is 1. The molecule has 1 aromatic heterocycles. The number of benzene rings is 2. The molecular weight excluding hydrogens is 298 g/mol. The highest BCUT2D eigenvalue weighted by Gasteiger charge is 2.06. The van der Waals surface area contributed by atoms with Gasteiger partial charge in [-0.2, -0.15) is 0 Å². The predicted molar refractivity (Wildman–Crippen MR) is 84.9 cm³/mol. The van der Waals surface area contributed by atoms with Crippen LogP contribution in [-0.2, 0) is 22.2 Å². The molecule has 1 atom stereocenters. The maximum absolute atomic E-state index is 10.4. The van der Waals surface area contributed by atoms with E-state index in [4.69, 9.17) is 0 Å². The summed E-state index contributed by atoms with van der Waals surface area (Å²) in [4.78, 5) is 0. The highest BCUT2D eigenvalue weighted by molar-refractivity contribution is 7.74. The van der Waals surface area contributed by atoms with Crippen molar-refractivity contribution in [3.63, 3.8) is 0 Å². The third kappa shape index (κ3) is 3.33. The van der Waals surface area contributed by atoms with E-state index in [1.165, 1.54) is 0 Å².